The number of hydrogen-bond acceptors (Lipinski definition) is 6. The van der Waals surface area contributed by atoms with Gasteiger partial charge in [0.05, 0.1) is 11.4 Å². The number of hydrogen-bond donors (Lipinski definition) is 0. The maximum Gasteiger partial charge on any atom is 0.173 e. The molecule has 2 aromatic carbocycles. The number of benzene rings is 2. The summed E-state index contributed by atoms with van der Waals surface area (Å²) in [6.07, 6.45) is 0. The maximum atomic E-state index is 12.4. The van der Waals surface area contributed by atoms with E-state index in [4.69, 9.17) is 9.47 Å². The second kappa shape index (κ2) is 6.91. The van der Waals surface area contributed by atoms with Gasteiger partial charge in [0.25, 0.3) is 0 Å². The Morgan fingerprint density at radius 3 is 2.88 bits per heavy atom. The molecule has 0 unspecified atom stereocenters. The summed E-state index contributed by atoms with van der Waals surface area (Å²) in [4.78, 5) is 17.1. The van der Waals surface area contributed by atoms with Gasteiger partial charge in [-0.3, -0.25) is 4.79 Å². The molecule has 0 saturated heterocycles. The lowest BCUT2D eigenvalue weighted by Gasteiger charge is -2.18. The van der Waals surface area contributed by atoms with Gasteiger partial charge in [0.1, 0.15) is 17.6 Å². The molecule has 24 heavy (non-hydrogen) atoms. The van der Waals surface area contributed by atoms with E-state index >= 15 is 0 Å². The van der Waals surface area contributed by atoms with E-state index in [1.54, 1.807) is 30.0 Å². The molecule has 0 aromatic heterocycles. The fourth-order valence-corrected chi connectivity index (χ4v) is 4.47. The molecular weight excluding hydrogens is 342 g/mol. The standard InChI is InChI=1S/C18H15NO3S2/c20-15(12-5-6-16-17(9-12)22-8-7-21-16)11-24-18-19-14-4-2-1-3-13(14)10-23-18/h1-6,9H,7-8,10-11H2. The molecule has 0 amide bonds. The van der Waals surface area contributed by atoms with Crippen LogP contribution in [0.5, 0.6) is 11.5 Å². The van der Waals surface area contributed by atoms with Gasteiger partial charge in [-0.25, -0.2) is 4.99 Å². The van der Waals surface area contributed by atoms with Crippen LogP contribution in [0.1, 0.15) is 15.9 Å². The minimum absolute atomic E-state index is 0.0686. The number of aliphatic imine (C=N–C) groups is 1. The number of rotatable bonds is 3. The number of thioether (sulfide) groups is 2. The first-order chi connectivity index (χ1) is 11.8. The van der Waals surface area contributed by atoms with E-state index in [-0.39, 0.29) is 5.78 Å². The van der Waals surface area contributed by atoms with Crippen LogP contribution in [0.3, 0.4) is 0 Å². The van der Waals surface area contributed by atoms with Crippen LogP contribution < -0.4 is 9.47 Å². The highest BCUT2D eigenvalue weighted by Crippen LogP contribution is 2.35. The van der Waals surface area contributed by atoms with Crippen LogP contribution >= 0.6 is 23.5 Å². The van der Waals surface area contributed by atoms with Gasteiger partial charge < -0.3 is 9.47 Å². The Balaban J connectivity index is 1.43. The number of ketones is 1. The molecule has 0 aliphatic carbocycles. The van der Waals surface area contributed by atoms with Crippen molar-refractivity contribution in [3.05, 3.63) is 53.6 Å². The Morgan fingerprint density at radius 1 is 1.12 bits per heavy atom. The van der Waals surface area contributed by atoms with Crippen molar-refractivity contribution in [2.45, 2.75) is 5.75 Å². The molecule has 122 valence electrons. The van der Waals surface area contributed by atoms with E-state index in [2.05, 4.69) is 11.1 Å². The molecule has 6 heteroatoms. The highest BCUT2D eigenvalue weighted by Gasteiger charge is 2.17. The van der Waals surface area contributed by atoms with Crippen molar-refractivity contribution in [2.75, 3.05) is 19.0 Å². The summed E-state index contributed by atoms with van der Waals surface area (Å²) < 4.78 is 12.0. The number of para-hydroxylation sites is 1. The SMILES string of the molecule is O=C(CSC1=Nc2ccccc2CS1)c1ccc2c(c1)OCCO2. The minimum Gasteiger partial charge on any atom is -0.486 e. The molecule has 2 aliphatic rings. The van der Waals surface area contributed by atoms with Gasteiger partial charge in [-0.05, 0) is 29.8 Å². The normalized spacial score (nSPS) is 15.4. The van der Waals surface area contributed by atoms with Crippen LogP contribution in [-0.2, 0) is 5.75 Å². The highest BCUT2D eigenvalue weighted by molar-refractivity contribution is 8.38. The Kier molecular flexibility index (Phi) is 4.49. The van der Waals surface area contributed by atoms with E-state index in [1.165, 1.54) is 17.3 Å². The van der Waals surface area contributed by atoms with Crippen LogP contribution in [0.15, 0.2) is 47.5 Å². The topological polar surface area (TPSA) is 47.9 Å². The zero-order chi connectivity index (χ0) is 16.4. The molecule has 4 rings (SSSR count). The molecule has 4 nitrogen and oxygen atoms in total. The zero-order valence-corrected chi connectivity index (χ0v) is 14.5. The van der Waals surface area contributed by atoms with Crippen molar-refractivity contribution in [2.24, 2.45) is 4.99 Å². The first-order valence-electron chi connectivity index (χ1n) is 7.65. The molecule has 2 heterocycles. The lowest BCUT2D eigenvalue weighted by Crippen LogP contribution is -2.16. The maximum absolute atomic E-state index is 12.4. The van der Waals surface area contributed by atoms with Gasteiger partial charge in [-0.1, -0.05) is 41.7 Å². The third kappa shape index (κ3) is 3.30. The number of ether oxygens (including phenoxy) is 2. The van der Waals surface area contributed by atoms with Crippen LogP contribution in [0.25, 0.3) is 0 Å². The molecular formula is C18H15NO3S2. The summed E-state index contributed by atoms with van der Waals surface area (Å²) in [5.41, 5.74) is 2.89. The highest BCUT2D eigenvalue weighted by atomic mass is 32.2. The molecule has 0 atom stereocenters. The van der Waals surface area contributed by atoms with Crippen molar-refractivity contribution in [3.63, 3.8) is 0 Å². The van der Waals surface area contributed by atoms with Crippen molar-refractivity contribution in [1.82, 2.24) is 0 Å². The average molecular weight is 357 g/mol. The van der Waals surface area contributed by atoms with Gasteiger partial charge in [0, 0.05) is 11.3 Å². The van der Waals surface area contributed by atoms with Gasteiger partial charge >= 0.3 is 0 Å². The quantitative estimate of drug-likeness (QED) is 0.766. The Hall–Kier alpha value is -1.92. The Labute approximate surface area is 148 Å². The number of fused-ring (bicyclic) bond motifs is 2. The molecule has 0 spiro atoms. The van der Waals surface area contributed by atoms with Gasteiger partial charge in [0.2, 0.25) is 0 Å². The third-order valence-corrected chi connectivity index (χ3v) is 5.99. The van der Waals surface area contributed by atoms with Crippen LogP contribution in [0, 0.1) is 0 Å². The van der Waals surface area contributed by atoms with E-state index in [1.807, 2.05) is 18.2 Å². The smallest absolute Gasteiger partial charge is 0.173 e. The lowest BCUT2D eigenvalue weighted by atomic mass is 10.1. The monoisotopic (exact) mass is 357 g/mol. The number of Topliss-reactive ketones (excluding diaryl/α,β-unsaturated/α-hetero) is 1. The molecule has 0 bridgehead atoms. The van der Waals surface area contributed by atoms with Gasteiger partial charge in [0.15, 0.2) is 17.3 Å². The first-order valence-corrected chi connectivity index (χ1v) is 9.62. The second-order valence-electron chi connectivity index (χ2n) is 5.37. The summed E-state index contributed by atoms with van der Waals surface area (Å²) in [6.45, 7) is 1.07. The van der Waals surface area contributed by atoms with Gasteiger partial charge in [-0.15, -0.1) is 0 Å². The molecule has 2 aromatic rings. The molecule has 0 saturated carbocycles. The molecule has 0 N–H and O–H groups in total. The lowest BCUT2D eigenvalue weighted by molar-refractivity contribution is 0.102. The van der Waals surface area contributed by atoms with Gasteiger partial charge in [-0.2, -0.15) is 0 Å². The van der Waals surface area contributed by atoms with Crippen molar-refractivity contribution >= 4 is 39.4 Å². The van der Waals surface area contributed by atoms with Crippen molar-refractivity contribution in [1.29, 1.82) is 0 Å². The van der Waals surface area contributed by atoms with Crippen LogP contribution in [0.4, 0.5) is 5.69 Å². The largest absolute Gasteiger partial charge is 0.486 e. The summed E-state index contributed by atoms with van der Waals surface area (Å²) in [7, 11) is 0. The average Bonchev–Trinajstić information content (AvgIpc) is 2.65. The van der Waals surface area contributed by atoms with E-state index in [0.717, 1.165) is 15.8 Å². The zero-order valence-electron chi connectivity index (χ0n) is 12.9. The summed E-state index contributed by atoms with van der Waals surface area (Å²) in [6, 6.07) is 13.5. The van der Waals surface area contributed by atoms with Crippen LogP contribution in [0.2, 0.25) is 0 Å². The van der Waals surface area contributed by atoms with Crippen molar-refractivity contribution < 1.29 is 14.3 Å². The second-order valence-corrected chi connectivity index (χ2v) is 7.55. The van der Waals surface area contributed by atoms with Crippen LogP contribution in [-0.4, -0.2) is 29.1 Å². The van der Waals surface area contributed by atoms with E-state index in [9.17, 15) is 4.79 Å². The minimum atomic E-state index is 0.0686. The first kappa shape index (κ1) is 15.6. The predicted molar refractivity (Wildman–Crippen MR) is 99.1 cm³/mol. The summed E-state index contributed by atoms with van der Waals surface area (Å²) in [5.74, 6) is 2.69. The van der Waals surface area contributed by atoms with E-state index in [0.29, 0.717) is 36.0 Å². The fraction of sp³-hybridized carbons (Fsp3) is 0.222. The molecule has 0 radical (unpaired) electrons. The number of carbonyl (C=O) groups excluding carboxylic acids is 1. The third-order valence-electron chi connectivity index (χ3n) is 3.75. The Morgan fingerprint density at radius 2 is 1.96 bits per heavy atom. The number of nitrogens with zero attached hydrogens (tertiary/aromatic N) is 1. The van der Waals surface area contributed by atoms with Crippen molar-refractivity contribution in [3.8, 4) is 11.5 Å². The fourth-order valence-electron chi connectivity index (χ4n) is 2.51. The van der Waals surface area contributed by atoms with E-state index < -0.39 is 0 Å². The molecule has 2 aliphatic heterocycles. The Bertz CT molecular complexity index is 820. The predicted octanol–water partition coefficient (Wildman–Crippen LogP) is 4.31. The molecule has 0 fully saturated rings. The summed E-state index contributed by atoms with van der Waals surface area (Å²) >= 11 is 3.17. The summed E-state index contributed by atoms with van der Waals surface area (Å²) in [5, 5.41) is 0. The number of carbonyl (C=O) groups is 1.